The van der Waals surface area contributed by atoms with Crippen LogP contribution in [0.5, 0.6) is 5.75 Å². The fraction of sp³-hybridized carbons (Fsp3) is 0.214. The summed E-state index contributed by atoms with van der Waals surface area (Å²) in [5.74, 6) is 0.563. The molecule has 0 aliphatic carbocycles. The molecule has 0 radical (unpaired) electrons. The molecule has 0 bridgehead atoms. The summed E-state index contributed by atoms with van der Waals surface area (Å²) in [5.41, 5.74) is 5.91. The van der Waals surface area contributed by atoms with Crippen molar-refractivity contribution < 1.29 is 9.53 Å². The van der Waals surface area contributed by atoms with E-state index in [0.717, 1.165) is 15.3 Å². The van der Waals surface area contributed by atoms with E-state index in [4.69, 9.17) is 15.7 Å². The van der Waals surface area contributed by atoms with E-state index in [9.17, 15) is 4.79 Å². The van der Waals surface area contributed by atoms with Crippen LogP contribution in [0.3, 0.4) is 0 Å². The van der Waals surface area contributed by atoms with Crippen LogP contribution >= 0.6 is 11.8 Å². The van der Waals surface area contributed by atoms with Crippen LogP contribution in [0.2, 0.25) is 0 Å². The molecule has 1 atom stereocenters. The Balaban J connectivity index is 2.11. The molecular formula is C14H14N4O2S. The third-order valence-corrected chi connectivity index (χ3v) is 3.96. The van der Waals surface area contributed by atoms with Crippen molar-refractivity contribution in [3.8, 4) is 11.8 Å². The van der Waals surface area contributed by atoms with Crippen molar-refractivity contribution in [1.82, 2.24) is 9.78 Å². The van der Waals surface area contributed by atoms with Gasteiger partial charge in [0.1, 0.15) is 23.2 Å². The molecule has 0 aliphatic rings. The number of carbonyl (C=O) groups excluding carboxylic acids is 1. The van der Waals surface area contributed by atoms with Crippen molar-refractivity contribution >= 4 is 23.5 Å². The number of thioether (sulfide) groups is 1. The van der Waals surface area contributed by atoms with Gasteiger partial charge in [0.05, 0.1) is 18.6 Å². The van der Waals surface area contributed by atoms with Gasteiger partial charge < -0.3 is 10.5 Å². The highest BCUT2D eigenvalue weighted by Crippen LogP contribution is 2.26. The minimum atomic E-state index is -0.382. The first-order valence-electron chi connectivity index (χ1n) is 6.15. The summed E-state index contributed by atoms with van der Waals surface area (Å²) in [6, 6.07) is 9.30. The highest BCUT2D eigenvalue weighted by Gasteiger charge is 2.20. The predicted molar refractivity (Wildman–Crippen MR) is 80.3 cm³/mol. The number of hydrogen-bond acceptors (Lipinski definition) is 6. The summed E-state index contributed by atoms with van der Waals surface area (Å²) in [5, 5.41) is 12.3. The largest absolute Gasteiger partial charge is 0.497 e. The highest BCUT2D eigenvalue weighted by molar-refractivity contribution is 8.00. The first-order valence-corrected chi connectivity index (χ1v) is 7.03. The topological polar surface area (TPSA) is 93.9 Å². The van der Waals surface area contributed by atoms with Crippen LogP contribution in [-0.2, 0) is 0 Å². The van der Waals surface area contributed by atoms with E-state index in [0.29, 0.717) is 0 Å². The molecule has 0 aliphatic heterocycles. The van der Waals surface area contributed by atoms with E-state index in [1.165, 1.54) is 18.0 Å². The standard InChI is InChI=1S/C14H14N4O2S/c1-9(21-12-5-3-11(20-2)4-6-12)14(19)18-13(16)10(7-15)8-17-18/h3-6,8-9H,16H2,1-2H3/t9-/m1/s1. The van der Waals surface area contributed by atoms with Crippen LogP contribution in [0.1, 0.15) is 17.3 Å². The zero-order chi connectivity index (χ0) is 15.4. The zero-order valence-corrected chi connectivity index (χ0v) is 12.4. The number of nitrogen functional groups attached to an aromatic ring is 1. The minimum absolute atomic E-state index is 0.0738. The van der Waals surface area contributed by atoms with Crippen LogP contribution in [0.4, 0.5) is 5.82 Å². The van der Waals surface area contributed by atoms with Crippen molar-refractivity contribution in [3.05, 3.63) is 36.0 Å². The lowest BCUT2D eigenvalue weighted by Gasteiger charge is -2.11. The second-order valence-electron chi connectivity index (χ2n) is 4.24. The average molecular weight is 302 g/mol. The average Bonchev–Trinajstić information content (AvgIpc) is 2.88. The zero-order valence-electron chi connectivity index (χ0n) is 11.6. The van der Waals surface area contributed by atoms with Crippen LogP contribution in [0, 0.1) is 11.3 Å². The van der Waals surface area contributed by atoms with Gasteiger partial charge in [0.15, 0.2) is 0 Å². The van der Waals surface area contributed by atoms with Crippen LogP contribution in [-0.4, -0.2) is 28.0 Å². The fourth-order valence-electron chi connectivity index (χ4n) is 1.70. The van der Waals surface area contributed by atoms with Crippen molar-refractivity contribution in [2.24, 2.45) is 0 Å². The molecule has 21 heavy (non-hydrogen) atoms. The molecule has 7 heteroatoms. The molecule has 108 valence electrons. The second kappa shape index (κ2) is 6.33. The summed E-state index contributed by atoms with van der Waals surface area (Å²) < 4.78 is 6.15. The molecule has 1 heterocycles. The van der Waals surface area contributed by atoms with Crippen LogP contribution in [0.25, 0.3) is 0 Å². The van der Waals surface area contributed by atoms with Crippen LogP contribution < -0.4 is 10.5 Å². The van der Waals surface area contributed by atoms with Gasteiger partial charge in [-0.05, 0) is 31.2 Å². The Morgan fingerprint density at radius 3 is 2.67 bits per heavy atom. The van der Waals surface area contributed by atoms with Crippen molar-refractivity contribution in [1.29, 1.82) is 5.26 Å². The molecule has 2 rings (SSSR count). The molecule has 0 spiro atoms. The predicted octanol–water partition coefficient (Wildman–Crippen LogP) is 2.17. The normalized spacial score (nSPS) is 11.7. The smallest absolute Gasteiger partial charge is 0.261 e. The Labute approximate surface area is 126 Å². The van der Waals surface area contributed by atoms with Crippen molar-refractivity contribution in [2.75, 3.05) is 12.8 Å². The number of anilines is 1. The lowest BCUT2D eigenvalue weighted by Crippen LogP contribution is -2.24. The second-order valence-corrected chi connectivity index (χ2v) is 5.66. The Morgan fingerprint density at radius 2 is 2.14 bits per heavy atom. The monoisotopic (exact) mass is 302 g/mol. The molecule has 0 saturated heterocycles. The molecule has 2 N–H and O–H groups in total. The Bertz CT molecular complexity index is 688. The van der Waals surface area contributed by atoms with Gasteiger partial charge in [-0.2, -0.15) is 15.0 Å². The van der Waals surface area contributed by atoms with Crippen molar-refractivity contribution in [2.45, 2.75) is 17.1 Å². The third-order valence-electron chi connectivity index (χ3n) is 2.86. The summed E-state index contributed by atoms with van der Waals surface area (Å²) in [4.78, 5) is 13.2. The Morgan fingerprint density at radius 1 is 1.48 bits per heavy atom. The molecule has 2 aromatic rings. The number of carbonyl (C=O) groups is 1. The maximum absolute atomic E-state index is 12.3. The number of aromatic nitrogens is 2. The van der Waals surface area contributed by atoms with Gasteiger partial charge in [0.2, 0.25) is 0 Å². The van der Waals surface area contributed by atoms with Gasteiger partial charge in [-0.25, -0.2) is 0 Å². The maximum Gasteiger partial charge on any atom is 0.261 e. The number of hydrogen-bond donors (Lipinski definition) is 1. The minimum Gasteiger partial charge on any atom is -0.497 e. The summed E-state index contributed by atoms with van der Waals surface area (Å²) in [6.07, 6.45) is 1.29. The molecule has 1 aromatic carbocycles. The van der Waals surface area contributed by atoms with Gasteiger partial charge in [-0.15, -0.1) is 11.8 Å². The third kappa shape index (κ3) is 3.17. The molecule has 6 nitrogen and oxygen atoms in total. The quantitative estimate of drug-likeness (QED) is 0.870. The summed E-state index contributed by atoms with van der Waals surface area (Å²) in [7, 11) is 1.60. The van der Waals surface area contributed by atoms with Gasteiger partial charge >= 0.3 is 0 Å². The number of nitrogens with zero attached hydrogens (tertiary/aromatic N) is 3. The Kier molecular flexibility index (Phi) is 4.50. The fourth-order valence-corrected chi connectivity index (χ4v) is 2.60. The molecule has 0 fully saturated rings. The maximum atomic E-state index is 12.3. The molecule has 0 unspecified atom stereocenters. The molecule has 0 amide bonds. The van der Waals surface area contributed by atoms with Gasteiger partial charge in [0, 0.05) is 4.90 Å². The van der Waals surface area contributed by atoms with Gasteiger partial charge in [-0.3, -0.25) is 4.79 Å². The van der Waals surface area contributed by atoms with E-state index in [-0.39, 0.29) is 22.5 Å². The highest BCUT2D eigenvalue weighted by atomic mass is 32.2. The number of nitrogens with two attached hydrogens (primary N) is 1. The van der Waals surface area contributed by atoms with Crippen LogP contribution in [0.15, 0.2) is 35.4 Å². The Hall–Kier alpha value is -2.46. The molecular weight excluding hydrogens is 288 g/mol. The van der Waals surface area contributed by atoms with E-state index in [1.807, 2.05) is 30.3 Å². The van der Waals surface area contributed by atoms with Crippen molar-refractivity contribution in [3.63, 3.8) is 0 Å². The van der Waals surface area contributed by atoms with Gasteiger partial charge in [0.25, 0.3) is 5.91 Å². The number of methoxy groups -OCH3 is 1. The van der Waals surface area contributed by atoms with E-state index in [2.05, 4.69) is 5.10 Å². The van der Waals surface area contributed by atoms with E-state index >= 15 is 0 Å². The summed E-state index contributed by atoms with van der Waals surface area (Å²) in [6.45, 7) is 1.77. The number of rotatable bonds is 4. The number of nitriles is 1. The van der Waals surface area contributed by atoms with E-state index in [1.54, 1.807) is 14.0 Å². The first-order chi connectivity index (χ1) is 10.1. The summed E-state index contributed by atoms with van der Waals surface area (Å²) >= 11 is 1.39. The number of benzene rings is 1. The lowest BCUT2D eigenvalue weighted by molar-refractivity contribution is 0.0902. The SMILES string of the molecule is COc1ccc(S[C@H](C)C(=O)n2ncc(C#N)c2N)cc1. The van der Waals surface area contributed by atoms with Gasteiger partial charge in [-0.1, -0.05) is 0 Å². The molecule has 0 saturated carbocycles. The lowest BCUT2D eigenvalue weighted by atomic mass is 10.3. The molecule has 1 aromatic heterocycles. The number of ether oxygens (including phenoxy) is 1. The first kappa shape index (κ1) is 14.9. The van der Waals surface area contributed by atoms with E-state index < -0.39 is 0 Å².